The molecule has 0 saturated heterocycles. The summed E-state index contributed by atoms with van der Waals surface area (Å²) in [5.74, 6) is 0.558. The molecule has 0 amide bonds. The highest BCUT2D eigenvalue weighted by Crippen LogP contribution is 2.40. The van der Waals surface area contributed by atoms with Gasteiger partial charge < -0.3 is 23.7 Å². The van der Waals surface area contributed by atoms with Crippen LogP contribution < -0.4 is 0 Å². The minimum Gasteiger partial charge on any atom is -0.498 e. The molecule has 0 N–H and O–H groups in total. The number of hydrogen-bond donors (Lipinski definition) is 0. The molecule has 5 nitrogen and oxygen atoms in total. The minimum atomic E-state index is 0.0554. The summed E-state index contributed by atoms with van der Waals surface area (Å²) in [6.07, 6.45) is 5.01. The van der Waals surface area contributed by atoms with Crippen molar-refractivity contribution in [2.75, 3.05) is 20.2 Å². The van der Waals surface area contributed by atoms with Crippen LogP contribution >= 0.6 is 0 Å². The number of rotatable bonds is 11. The smallest absolute Gasteiger partial charge is 0.147 e. The molecular weight excluding hydrogens is 368 g/mol. The van der Waals surface area contributed by atoms with E-state index in [0.29, 0.717) is 25.7 Å². The Balaban J connectivity index is 1.19. The lowest BCUT2D eigenvalue weighted by molar-refractivity contribution is -0.128. The molecule has 5 heteroatoms. The van der Waals surface area contributed by atoms with Crippen molar-refractivity contribution in [3.05, 3.63) is 84.1 Å². The number of hydrogen-bond acceptors (Lipinski definition) is 5. The maximum absolute atomic E-state index is 6.04. The van der Waals surface area contributed by atoms with Gasteiger partial charge in [-0.15, -0.1) is 0 Å². The van der Waals surface area contributed by atoms with Gasteiger partial charge in [0, 0.05) is 18.3 Å². The van der Waals surface area contributed by atoms with Crippen molar-refractivity contribution >= 4 is 0 Å². The van der Waals surface area contributed by atoms with E-state index >= 15 is 0 Å². The van der Waals surface area contributed by atoms with Gasteiger partial charge in [-0.25, -0.2) is 0 Å². The summed E-state index contributed by atoms with van der Waals surface area (Å²) in [6, 6.07) is 20.2. The maximum atomic E-state index is 6.04. The zero-order valence-electron chi connectivity index (χ0n) is 16.5. The molecule has 1 aliphatic carbocycles. The van der Waals surface area contributed by atoms with Gasteiger partial charge in [-0.2, -0.15) is 0 Å². The van der Waals surface area contributed by atoms with Crippen LogP contribution in [0.3, 0.4) is 0 Å². The number of ether oxygens (including phenoxy) is 5. The number of fused-ring (bicyclic) bond motifs is 1. The molecule has 1 fully saturated rings. The summed E-state index contributed by atoms with van der Waals surface area (Å²) < 4.78 is 28.9. The van der Waals surface area contributed by atoms with Gasteiger partial charge >= 0.3 is 0 Å². The minimum absolute atomic E-state index is 0.0554. The molecule has 2 aromatic carbocycles. The molecule has 0 spiro atoms. The lowest BCUT2D eigenvalue weighted by Crippen LogP contribution is -2.28. The molecular formula is C24H28O5. The molecule has 4 atom stereocenters. The van der Waals surface area contributed by atoms with Gasteiger partial charge in [0.05, 0.1) is 32.2 Å². The van der Waals surface area contributed by atoms with Gasteiger partial charge in [0.1, 0.15) is 19.7 Å². The van der Waals surface area contributed by atoms with Gasteiger partial charge in [0.15, 0.2) is 0 Å². The van der Waals surface area contributed by atoms with E-state index in [2.05, 4.69) is 6.08 Å². The fraction of sp³-hybridized carbons (Fsp3) is 0.417. The first-order chi connectivity index (χ1) is 14.4. The van der Waals surface area contributed by atoms with Crippen LogP contribution in [0, 0.1) is 11.8 Å². The Morgan fingerprint density at radius 2 is 1.45 bits per heavy atom. The van der Waals surface area contributed by atoms with E-state index in [1.165, 1.54) is 0 Å². The third kappa shape index (κ3) is 5.67. The van der Waals surface area contributed by atoms with Gasteiger partial charge in [0.2, 0.25) is 0 Å². The molecule has 1 saturated carbocycles. The van der Waals surface area contributed by atoms with E-state index in [9.17, 15) is 0 Å². The second-order valence-electron chi connectivity index (χ2n) is 7.46. The highest BCUT2D eigenvalue weighted by molar-refractivity contribution is 5.14. The lowest BCUT2D eigenvalue weighted by atomic mass is 9.95. The summed E-state index contributed by atoms with van der Waals surface area (Å²) >= 11 is 0. The normalized spacial score (nSPS) is 25.1. The quantitative estimate of drug-likeness (QED) is 0.419. The van der Waals surface area contributed by atoms with E-state index in [-0.39, 0.29) is 31.7 Å². The molecule has 0 radical (unpaired) electrons. The zero-order chi connectivity index (χ0) is 19.7. The van der Waals surface area contributed by atoms with Gasteiger partial charge in [0.25, 0.3) is 0 Å². The van der Waals surface area contributed by atoms with Crippen LogP contribution in [0.5, 0.6) is 0 Å². The molecule has 1 heterocycles. The van der Waals surface area contributed by atoms with E-state index in [1.807, 2.05) is 60.7 Å². The second-order valence-corrected chi connectivity index (χ2v) is 7.46. The molecule has 0 aromatic heterocycles. The monoisotopic (exact) mass is 396 g/mol. The first-order valence-corrected chi connectivity index (χ1v) is 10.1. The third-order valence-electron chi connectivity index (χ3n) is 5.49. The highest BCUT2D eigenvalue weighted by Gasteiger charge is 2.45. The topological polar surface area (TPSA) is 46.2 Å². The molecule has 2 aliphatic rings. The average molecular weight is 396 g/mol. The van der Waals surface area contributed by atoms with Crippen molar-refractivity contribution in [2.45, 2.75) is 31.8 Å². The summed E-state index contributed by atoms with van der Waals surface area (Å²) in [5, 5.41) is 0. The molecule has 2 aromatic rings. The van der Waals surface area contributed by atoms with Crippen LogP contribution in [0.15, 0.2) is 73.0 Å². The van der Waals surface area contributed by atoms with Crippen LogP contribution in [0.2, 0.25) is 0 Å². The van der Waals surface area contributed by atoms with Crippen LogP contribution in [-0.4, -0.2) is 32.4 Å². The Morgan fingerprint density at radius 1 is 0.793 bits per heavy atom. The van der Waals surface area contributed by atoms with E-state index in [4.69, 9.17) is 23.7 Å². The molecule has 4 rings (SSSR count). The van der Waals surface area contributed by atoms with Crippen LogP contribution in [0.4, 0.5) is 0 Å². The van der Waals surface area contributed by atoms with Crippen molar-refractivity contribution in [3.63, 3.8) is 0 Å². The second kappa shape index (κ2) is 10.6. The van der Waals surface area contributed by atoms with Crippen molar-refractivity contribution < 1.29 is 23.7 Å². The standard InChI is InChI=1S/C24H28O5/c1-3-7-19(8-4-1)14-25-17-27-16-22-21-11-12-28-23(21)13-24(22)29-18-26-15-20-9-5-2-6-10-20/h1-12,21-24H,13-18H2/t21-,22-,23+,24-/m0/s1. The van der Waals surface area contributed by atoms with Crippen molar-refractivity contribution in [2.24, 2.45) is 11.8 Å². The zero-order valence-corrected chi connectivity index (χ0v) is 16.5. The Morgan fingerprint density at radius 3 is 2.14 bits per heavy atom. The first kappa shape index (κ1) is 20.1. The summed E-state index contributed by atoms with van der Waals surface area (Å²) in [4.78, 5) is 0. The van der Waals surface area contributed by atoms with Crippen LogP contribution in [0.25, 0.3) is 0 Å². The van der Waals surface area contributed by atoms with Gasteiger partial charge in [-0.3, -0.25) is 0 Å². The third-order valence-corrected chi connectivity index (χ3v) is 5.49. The Hall–Kier alpha value is -2.18. The van der Waals surface area contributed by atoms with Gasteiger partial charge in [-0.1, -0.05) is 60.7 Å². The molecule has 154 valence electrons. The molecule has 29 heavy (non-hydrogen) atoms. The summed E-state index contributed by atoms with van der Waals surface area (Å²) in [5.41, 5.74) is 2.28. The van der Waals surface area contributed by atoms with Crippen molar-refractivity contribution in [1.29, 1.82) is 0 Å². The van der Waals surface area contributed by atoms with Crippen LogP contribution in [0.1, 0.15) is 17.5 Å². The Labute approximate surface area is 172 Å². The van der Waals surface area contributed by atoms with Crippen molar-refractivity contribution in [3.8, 4) is 0 Å². The summed E-state index contributed by atoms with van der Waals surface area (Å²) in [7, 11) is 0. The van der Waals surface area contributed by atoms with Gasteiger partial charge in [-0.05, 0) is 17.2 Å². The van der Waals surface area contributed by atoms with Crippen LogP contribution in [-0.2, 0) is 36.9 Å². The fourth-order valence-corrected chi connectivity index (χ4v) is 3.99. The highest BCUT2D eigenvalue weighted by atomic mass is 16.7. The Kier molecular flexibility index (Phi) is 7.32. The molecule has 0 unspecified atom stereocenters. The largest absolute Gasteiger partial charge is 0.498 e. The molecule has 1 aliphatic heterocycles. The predicted molar refractivity (Wildman–Crippen MR) is 109 cm³/mol. The Bertz CT molecular complexity index is 748. The first-order valence-electron chi connectivity index (χ1n) is 10.1. The number of benzene rings is 2. The van der Waals surface area contributed by atoms with E-state index < -0.39 is 0 Å². The fourth-order valence-electron chi connectivity index (χ4n) is 3.99. The van der Waals surface area contributed by atoms with E-state index in [1.54, 1.807) is 6.26 Å². The predicted octanol–water partition coefficient (Wildman–Crippen LogP) is 4.29. The average Bonchev–Trinajstić information content (AvgIpc) is 3.34. The maximum Gasteiger partial charge on any atom is 0.147 e. The summed E-state index contributed by atoms with van der Waals surface area (Å²) in [6.45, 7) is 2.21. The van der Waals surface area contributed by atoms with Crippen molar-refractivity contribution in [1.82, 2.24) is 0 Å². The molecule has 0 bridgehead atoms. The van der Waals surface area contributed by atoms with E-state index in [0.717, 1.165) is 17.5 Å². The SMILES string of the molecule is C1=C[C@H]2[C@H](COCOCc3ccccc3)[C@@H](OCOCc3ccccc3)C[C@H]2O1. The lowest BCUT2D eigenvalue weighted by Gasteiger charge is -2.22.